The number of phosphoric acid groups is 2. The molecule has 22 heteroatoms. The van der Waals surface area contributed by atoms with Crippen LogP contribution in [0.15, 0.2) is 4.79 Å². The molecule has 3 rings (SSSR count). The number of nitrogen functional groups attached to an aromatic ring is 1. The van der Waals surface area contributed by atoms with Crippen molar-refractivity contribution in [1.29, 1.82) is 0 Å². The minimum Gasteiger partial charge on any atom is -0.387 e. The first-order valence-corrected chi connectivity index (χ1v) is 14.3. The van der Waals surface area contributed by atoms with Crippen LogP contribution in [-0.4, -0.2) is 84.6 Å². The number of rotatable bonds is 8. The number of ether oxygens (including phenoxy) is 1. The predicted octanol–water partition coefficient (Wildman–Crippen LogP) is -2.53. The molecule has 0 aromatic carbocycles. The summed E-state index contributed by atoms with van der Waals surface area (Å²) in [6.45, 7) is -5.67. The average molecular weight is 555 g/mol. The van der Waals surface area contributed by atoms with Crippen LogP contribution in [0.3, 0.4) is 0 Å². The molecule has 2 aliphatic heterocycles. The average Bonchev–Trinajstić information content (AvgIpc) is 3.07. The van der Waals surface area contributed by atoms with E-state index in [4.69, 9.17) is 20.3 Å². The maximum Gasteiger partial charge on any atom is 0.488 e. The Bertz CT molecular complexity index is 1110. The van der Waals surface area contributed by atoms with Crippen LogP contribution < -0.4 is 21.1 Å². The summed E-state index contributed by atoms with van der Waals surface area (Å²) >= 11 is 3.97. The van der Waals surface area contributed by atoms with Crippen molar-refractivity contribution in [2.24, 2.45) is 0 Å². The predicted molar refractivity (Wildman–Crippen MR) is 112 cm³/mol. The van der Waals surface area contributed by atoms with E-state index in [1.54, 1.807) is 7.05 Å². The zero-order valence-electron chi connectivity index (χ0n) is 16.4. The lowest BCUT2D eigenvalue weighted by Gasteiger charge is -2.27. The van der Waals surface area contributed by atoms with Gasteiger partial charge < -0.3 is 50.1 Å². The van der Waals surface area contributed by atoms with Gasteiger partial charge in [-0.1, -0.05) is 0 Å². The molecule has 188 valence electrons. The zero-order chi connectivity index (χ0) is 24.9. The molecular weight excluding hydrogens is 535 g/mol. The molecule has 2 unspecified atom stereocenters. The first kappa shape index (κ1) is 26.6. The normalized spacial score (nSPS) is 29.1. The minimum absolute atomic E-state index is 0.00220. The first-order chi connectivity index (χ1) is 15.0. The number of phosphoric ester groups is 1. The molecule has 0 spiro atoms. The topological polar surface area (TPSA) is 271 Å². The van der Waals surface area contributed by atoms with E-state index in [-0.39, 0.29) is 24.1 Å². The van der Waals surface area contributed by atoms with Crippen molar-refractivity contribution in [1.82, 2.24) is 9.97 Å². The van der Waals surface area contributed by atoms with Gasteiger partial charge in [0.15, 0.2) is 12.0 Å². The lowest BCUT2D eigenvalue weighted by molar-refractivity contribution is -0.0216. The van der Waals surface area contributed by atoms with Gasteiger partial charge in [-0.3, -0.25) is 14.3 Å². The summed E-state index contributed by atoms with van der Waals surface area (Å²) in [5, 5.41) is 20.7. The molecule has 18 nitrogen and oxygen atoms in total. The Morgan fingerprint density at radius 2 is 1.85 bits per heavy atom. The summed E-state index contributed by atoms with van der Waals surface area (Å²) in [7, 11) is -9.34. The SMILES string of the molecule is CN1CN([C@@H]2O[C@H](COP(=O)(O)OP(=O)(O)OP(O)(O)=S)[C@@H](O)[C@H]2O)c2nc(N)[nH]c(=O)c21. The molecule has 0 amide bonds. The smallest absolute Gasteiger partial charge is 0.387 e. The van der Waals surface area contributed by atoms with E-state index < -0.39 is 59.1 Å². The van der Waals surface area contributed by atoms with Gasteiger partial charge in [-0.25, -0.2) is 13.4 Å². The van der Waals surface area contributed by atoms with Crippen molar-refractivity contribution in [2.45, 2.75) is 24.5 Å². The van der Waals surface area contributed by atoms with E-state index in [9.17, 15) is 33.9 Å². The second-order valence-electron chi connectivity index (χ2n) is 6.87. The van der Waals surface area contributed by atoms with Gasteiger partial charge in [0.05, 0.1) is 13.3 Å². The Morgan fingerprint density at radius 1 is 1.21 bits per heavy atom. The number of aromatic nitrogens is 2. The Hall–Kier alpha value is -1.01. The molecule has 6 atom stereocenters. The number of aliphatic hydroxyl groups is 2. The number of aliphatic hydroxyl groups excluding tert-OH is 2. The highest BCUT2D eigenvalue weighted by Crippen LogP contribution is 2.66. The molecule has 1 saturated heterocycles. The third-order valence-electron chi connectivity index (χ3n) is 4.38. The number of H-pyrrole nitrogens is 1. The van der Waals surface area contributed by atoms with Crippen molar-refractivity contribution >= 4 is 51.6 Å². The van der Waals surface area contributed by atoms with Crippen LogP contribution in [-0.2, 0) is 38.8 Å². The number of hydrogen-bond acceptors (Lipinski definition) is 14. The molecule has 0 bridgehead atoms. The molecule has 33 heavy (non-hydrogen) atoms. The van der Waals surface area contributed by atoms with Crippen molar-refractivity contribution in [3.63, 3.8) is 0 Å². The van der Waals surface area contributed by atoms with Crippen molar-refractivity contribution < 1.29 is 56.8 Å². The van der Waals surface area contributed by atoms with Crippen LogP contribution in [0.5, 0.6) is 0 Å². The molecule has 1 fully saturated rings. The maximum atomic E-state index is 12.1. The highest BCUT2D eigenvalue weighted by molar-refractivity contribution is 8.08. The second-order valence-corrected chi connectivity index (χ2v) is 12.7. The van der Waals surface area contributed by atoms with Gasteiger partial charge in [0, 0.05) is 7.05 Å². The minimum atomic E-state index is -5.52. The van der Waals surface area contributed by atoms with Crippen LogP contribution in [0.1, 0.15) is 0 Å². The van der Waals surface area contributed by atoms with Gasteiger partial charge in [0.2, 0.25) is 5.95 Å². The van der Waals surface area contributed by atoms with E-state index >= 15 is 0 Å². The van der Waals surface area contributed by atoms with Gasteiger partial charge in [-0.05, 0) is 11.8 Å². The molecule has 1 aromatic heterocycles. The summed E-state index contributed by atoms with van der Waals surface area (Å²) in [4.78, 5) is 57.9. The molecule has 2 aliphatic rings. The number of nitrogens with zero attached hydrogens (tertiary/aromatic N) is 3. The lowest BCUT2D eigenvalue weighted by Crippen LogP contribution is -2.45. The number of nitrogens with one attached hydrogen (secondary N) is 1. The summed E-state index contributed by atoms with van der Waals surface area (Å²) in [6.07, 6.45) is -6.04. The van der Waals surface area contributed by atoms with Gasteiger partial charge in [0.25, 0.3) is 5.56 Å². The molecule has 0 saturated carbocycles. The van der Waals surface area contributed by atoms with Gasteiger partial charge in [0.1, 0.15) is 24.0 Å². The molecular formula is C11H20N5O13P3S. The summed E-state index contributed by atoms with van der Waals surface area (Å²) < 4.78 is 41.1. The van der Waals surface area contributed by atoms with Crippen molar-refractivity contribution in [3.8, 4) is 0 Å². The molecule has 3 heterocycles. The highest BCUT2D eigenvalue weighted by atomic mass is 32.5. The third kappa shape index (κ3) is 6.17. The van der Waals surface area contributed by atoms with Crippen LogP contribution in [0.25, 0.3) is 0 Å². The Morgan fingerprint density at radius 3 is 2.45 bits per heavy atom. The summed E-state index contributed by atoms with van der Waals surface area (Å²) in [5.74, 6) is -0.160. The van der Waals surface area contributed by atoms with E-state index in [1.165, 1.54) is 9.80 Å². The highest BCUT2D eigenvalue weighted by Gasteiger charge is 2.49. The van der Waals surface area contributed by atoms with E-state index in [1.807, 2.05) is 0 Å². The Kier molecular flexibility index (Phi) is 7.43. The standard InChI is InChI=1S/C11H20N5O13P3S/c1-15-3-16(8-5(15)9(19)14-11(12)13-8)10-7(18)6(17)4(27-10)2-26-30(20,21)28-31(22,23)29-32(24,25)33/h4,6-7,10,17-18H,2-3H2,1H3,(H,20,21)(H,22,23)(H2,24,25,33)(H3,12,13,14,19)/t4-,6-,7-,10-/m1/s1. The molecule has 9 N–H and O–H groups in total. The van der Waals surface area contributed by atoms with Crippen LogP contribution in [0.4, 0.5) is 17.5 Å². The zero-order valence-corrected chi connectivity index (χ0v) is 19.9. The van der Waals surface area contributed by atoms with Crippen molar-refractivity contribution in [3.05, 3.63) is 10.4 Å². The van der Waals surface area contributed by atoms with Crippen molar-refractivity contribution in [2.75, 3.05) is 35.9 Å². The number of aromatic amines is 1. The Labute approximate surface area is 189 Å². The number of nitrogens with two attached hydrogens (primary N) is 1. The fraction of sp³-hybridized carbons (Fsp3) is 0.636. The molecule has 0 radical (unpaired) electrons. The van der Waals surface area contributed by atoms with Crippen LogP contribution in [0.2, 0.25) is 0 Å². The first-order valence-electron chi connectivity index (χ1n) is 8.67. The summed E-state index contributed by atoms with van der Waals surface area (Å²) in [6, 6.07) is 0. The monoisotopic (exact) mass is 555 g/mol. The number of fused-ring (bicyclic) bond motifs is 1. The summed E-state index contributed by atoms with van der Waals surface area (Å²) in [5.41, 5.74) is 5.13. The number of hydrogen-bond donors (Lipinski definition) is 8. The van der Waals surface area contributed by atoms with E-state index in [0.29, 0.717) is 0 Å². The van der Waals surface area contributed by atoms with Gasteiger partial charge in [-0.15, -0.1) is 0 Å². The maximum absolute atomic E-state index is 12.1. The largest absolute Gasteiger partial charge is 0.488 e. The molecule has 1 aromatic rings. The van der Waals surface area contributed by atoms with Crippen LogP contribution >= 0.6 is 22.4 Å². The fourth-order valence-corrected chi connectivity index (χ4v) is 6.97. The second kappa shape index (κ2) is 9.22. The van der Waals surface area contributed by atoms with Gasteiger partial charge in [-0.2, -0.15) is 9.29 Å². The van der Waals surface area contributed by atoms with Gasteiger partial charge >= 0.3 is 22.4 Å². The van der Waals surface area contributed by atoms with E-state index in [0.717, 1.165) is 0 Å². The lowest BCUT2D eigenvalue weighted by atomic mass is 10.1. The quantitative estimate of drug-likeness (QED) is 0.154. The third-order valence-corrected chi connectivity index (χ3v) is 8.78. The molecule has 0 aliphatic carbocycles. The fourth-order valence-electron chi connectivity index (χ4n) is 3.18. The van der Waals surface area contributed by atoms with E-state index in [2.05, 4.69) is 34.9 Å². The Balaban J connectivity index is 1.70. The number of anilines is 3. The van der Waals surface area contributed by atoms with Crippen LogP contribution in [0, 0.1) is 0 Å².